The van der Waals surface area contributed by atoms with E-state index in [-0.39, 0.29) is 18.0 Å². The van der Waals surface area contributed by atoms with Crippen molar-refractivity contribution in [3.63, 3.8) is 0 Å². The van der Waals surface area contributed by atoms with Crippen molar-refractivity contribution in [3.8, 4) is 0 Å². The van der Waals surface area contributed by atoms with Gasteiger partial charge in [-0.15, -0.1) is 0 Å². The van der Waals surface area contributed by atoms with Gasteiger partial charge in [-0.3, -0.25) is 9.78 Å². The standard InChI is InChI=1S/C16H21N5O2/c1-3-5-14-19-13(20-23-14)10-18-12-8-15(22)21(2)16(12)11-6-4-7-17-9-11/h4,6-7,9,12,16,18H,3,5,8,10H2,1-2H3/t12-,16+/m1/s1. The van der Waals surface area contributed by atoms with Gasteiger partial charge in [0.25, 0.3) is 0 Å². The van der Waals surface area contributed by atoms with E-state index in [1.807, 2.05) is 25.4 Å². The van der Waals surface area contributed by atoms with Crippen LogP contribution in [-0.4, -0.2) is 39.0 Å². The van der Waals surface area contributed by atoms with Crippen molar-refractivity contribution in [2.75, 3.05) is 7.05 Å². The Morgan fingerprint density at radius 2 is 2.35 bits per heavy atom. The highest BCUT2D eigenvalue weighted by Gasteiger charge is 2.38. The average Bonchev–Trinajstić information content (AvgIpc) is 3.12. The number of rotatable bonds is 6. The smallest absolute Gasteiger partial charge is 0.226 e. The van der Waals surface area contributed by atoms with E-state index in [0.29, 0.717) is 24.7 Å². The van der Waals surface area contributed by atoms with E-state index in [1.54, 1.807) is 11.1 Å². The Labute approximate surface area is 135 Å². The fourth-order valence-electron chi connectivity index (χ4n) is 2.96. The zero-order chi connectivity index (χ0) is 16.2. The third-order valence-corrected chi connectivity index (χ3v) is 4.11. The molecule has 0 aliphatic carbocycles. The molecule has 2 aromatic heterocycles. The summed E-state index contributed by atoms with van der Waals surface area (Å²) in [5.41, 5.74) is 1.03. The lowest BCUT2D eigenvalue weighted by molar-refractivity contribution is -0.127. The number of aromatic nitrogens is 3. The highest BCUT2D eigenvalue weighted by atomic mass is 16.5. The summed E-state index contributed by atoms with van der Waals surface area (Å²) >= 11 is 0. The van der Waals surface area contributed by atoms with Crippen molar-refractivity contribution in [1.29, 1.82) is 0 Å². The number of carbonyl (C=O) groups excluding carboxylic acids is 1. The molecule has 0 unspecified atom stereocenters. The van der Waals surface area contributed by atoms with Crippen LogP contribution < -0.4 is 5.32 Å². The molecule has 1 fully saturated rings. The molecule has 1 aliphatic heterocycles. The molecule has 1 N–H and O–H groups in total. The van der Waals surface area contributed by atoms with Gasteiger partial charge in [0.2, 0.25) is 11.8 Å². The second-order valence-electron chi connectivity index (χ2n) is 5.78. The van der Waals surface area contributed by atoms with Crippen LogP contribution in [-0.2, 0) is 17.8 Å². The molecule has 1 saturated heterocycles. The molecule has 2 aromatic rings. The quantitative estimate of drug-likeness (QED) is 0.869. The number of likely N-dealkylation sites (N-methyl/N-ethyl adjacent to an activating group) is 1. The van der Waals surface area contributed by atoms with Gasteiger partial charge in [0.05, 0.1) is 12.6 Å². The van der Waals surface area contributed by atoms with Gasteiger partial charge in [0.1, 0.15) is 0 Å². The molecule has 3 heterocycles. The normalized spacial score (nSPS) is 21.1. The Kier molecular flexibility index (Phi) is 4.66. The molecule has 23 heavy (non-hydrogen) atoms. The van der Waals surface area contributed by atoms with Crippen LogP contribution in [0.4, 0.5) is 0 Å². The first-order valence-electron chi connectivity index (χ1n) is 7.89. The summed E-state index contributed by atoms with van der Waals surface area (Å²) in [5.74, 6) is 1.41. The summed E-state index contributed by atoms with van der Waals surface area (Å²) in [6, 6.07) is 3.86. The zero-order valence-electron chi connectivity index (χ0n) is 13.4. The van der Waals surface area contributed by atoms with Gasteiger partial charge in [-0.1, -0.05) is 18.1 Å². The van der Waals surface area contributed by atoms with Crippen LogP contribution in [0.5, 0.6) is 0 Å². The summed E-state index contributed by atoms with van der Waals surface area (Å²) in [7, 11) is 1.83. The van der Waals surface area contributed by atoms with Crippen LogP contribution in [0.25, 0.3) is 0 Å². The number of carbonyl (C=O) groups is 1. The van der Waals surface area contributed by atoms with Gasteiger partial charge in [0.15, 0.2) is 5.82 Å². The Balaban J connectivity index is 1.69. The van der Waals surface area contributed by atoms with Crippen molar-refractivity contribution in [2.24, 2.45) is 0 Å². The van der Waals surface area contributed by atoms with Crippen LogP contribution >= 0.6 is 0 Å². The average molecular weight is 315 g/mol. The summed E-state index contributed by atoms with van der Waals surface area (Å²) in [5, 5.41) is 7.36. The van der Waals surface area contributed by atoms with Gasteiger partial charge >= 0.3 is 0 Å². The van der Waals surface area contributed by atoms with E-state index in [2.05, 4.69) is 27.4 Å². The van der Waals surface area contributed by atoms with Crippen LogP contribution in [0.3, 0.4) is 0 Å². The number of pyridine rings is 1. The first-order chi connectivity index (χ1) is 11.2. The molecule has 2 atom stereocenters. The topological polar surface area (TPSA) is 84.2 Å². The third-order valence-electron chi connectivity index (χ3n) is 4.11. The van der Waals surface area contributed by atoms with E-state index in [4.69, 9.17) is 4.52 Å². The molecular formula is C16H21N5O2. The second-order valence-corrected chi connectivity index (χ2v) is 5.78. The number of nitrogens with one attached hydrogen (secondary N) is 1. The van der Waals surface area contributed by atoms with E-state index in [0.717, 1.165) is 18.4 Å². The number of amides is 1. The molecule has 0 saturated carbocycles. The Morgan fingerprint density at radius 3 is 3.09 bits per heavy atom. The fourth-order valence-corrected chi connectivity index (χ4v) is 2.96. The first-order valence-corrected chi connectivity index (χ1v) is 7.89. The van der Waals surface area contributed by atoms with E-state index in [9.17, 15) is 4.79 Å². The van der Waals surface area contributed by atoms with Gasteiger partial charge < -0.3 is 14.7 Å². The van der Waals surface area contributed by atoms with Crippen LogP contribution in [0.1, 0.15) is 43.1 Å². The minimum absolute atomic E-state index is 0.00447. The Bertz CT molecular complexity index is 658. The molecule has 1 aliphatic rings. The molecule has 0 radical (unpaired) electrons. The van der Waals surface area contributed by atoms with Crippen LogP contribution in [0, 0.1) is 0 Å². The minimum Gasteiger partial charge on any atom is -0.339 e. The lowest BCUT2D eigenvalue weighted by Gasteiger charge is -2.25. The molecular weight excluding hydrogens is 294 g/mol. The van der Waals surface area contributed by atoms with Gasteiger partial charge in [0, 0.05) is 38.3 Å². The summed E-state index contributed by atoms with van der Waals surface area (Å²) in [4.78, 5) is 22.4. The van der Waals surface area contributed by atoms with Gasteiger partial charge in [-0.25, -0.2) is 0 Å². The van der Waals surface area contributed by atoms with E-state index < -0.39 is 0 Å². The molecule has 0 aromatic carbocycles. The number of hydrogen-bond acceptors (Lipinski definition) is 6. The van der Waals surface area contributed by atoms with Crippen molar-refractivity contribution in [1.82, 2.24) is 25.3 Å². The molecule has 7 nitrogen and oxygen atoms in total. The Hall–Kier alpha value is -2.28. The molecule has 122 valence electrons. The van der Waals surface area contributed by atoms with Crippen molar-refractivity contribution in [3.05, 3.63) is 41.8 Å². The molecule has 0 spiro atoms. The maximum absolute atomic E-state index is 12.1. The summed E-state index contributed by atoms with van der Waals surface area (Å²) in [6.45, 7) is 2.55. The van der Waals surface area contributed by atoms with Crippen molar-refractivity contribution in [2.45, 2.75) is 44.8 Å². The van der Waals surface area contributed by atoms with Crippen molar-refractivity contribution < 1.29 is 9.32 Å². The fraction of sp³-hybridized carbons (Fsp3) is 0.500. The summed E-state index contributed by atoms with van der Waals surface area (Å²) < 4.78 is 5.19. The second kappa shape index (κ2) is 6.87. The number of likely N-dealkylation sites (tertiary alicyclic amines) is 1. The maximum atomic E-state index is 12.1. The van der Waals surface area contributed by atoms with Crippen LogP contribution in [0.15, 0.2) is 29.0 Å². The van der Waals surface area contributed by atoms with Gasteiger partial charge in [-0.05, 0) is 18.1 Å². The molecule has 0 bridgehead atoms. The van der Waals surface area contributed by atoms with Crippen LogP contribution in [0.2, 0.25) is 0 Å². The SMILES string of the molecule is CCCc1nc(CN[C@@H]2CC(=O)N(C)[C@H]2c2cccnc2)no1. The predicted octanol–water partition coefficient (Wildman–Crippen LogP) is 1.48. The zero-order valence-corrected chi connectivity index (χ0v) is 13.4. The first kappa shape index (κ1) is 15.6. The van der Waals surface area contributed by atoms with E-state index >= 15 is 0 Å². The maximum Gasteiger partial charge on any atom is 0.226 e. The third kappa shape index (κ3) is 3.39. The predicted molar refractivity (Wildman–Crippen MR) is 83.3 cm³/mol. The monoisotopic (exact) mass is 315 g/mol. The van der Waals surface area contributed by atoms with Crippen molar-refractivity contribution >= 4 is 5.91 Å². The minimum atomic E-state index is -0.0294. The largest absolute Gasteiger partial charge is 0.339 e. The highest BCUT2D eigenvalue weighted by molar-refractivity contribution is 5.80. The number of nitrogens with zero attached hydrogens (tertiary/aromatic N) is 4. The molecule has 7 heteroatoms. The molecule has 1 amide bonds. The van der Waals surface area contributed by atoms with Gasteiger partial charge in [-0.2, -0.15) is 4.98 Å². The number of hydrogen-bond donors (Lipinski definition) is 1. The molecule has 3 rings (SSSR count). The lowest BCUT2D eigenvalue weighted by atomic mass is 10.0. The number of aryl methyl sites for hydroxylation is 1. The van der Waals surface area contributed by atoms with E-state index in [1.165, 1.54) is 0 Å². The lowest BCUT2D eigenvalue weighted by Crippen LogP contribution is -2.35. The Morgan fingerprint density at radius 1 is 1.48 bits per heavy atom. The summed E-state index contributed by atoms with van der Waals surface area (Å²) in [6.07, 6.45) is 5.76. The highest BCUT2D eigenvalue weighted by Crippen LogP contribution is 2.31.